The van der Waals surface area contributed by atoms with Crippen molar-refractivity contribution in [2.45, 2.75) is 90.3 Å². The minimum atomic E-state index is -2.96. The van der Waals surface area contributed by atoms with Gasteiger partial charge in [0.1, 0.15) is 17.6 Å². The number of ketones is 1. The Balaban J connectivity index is 1.36. The molecule has 2 saturated carbocycles. The summed E-state index contributed by atoms with van der Waals surface area (Å²) in [6.45, 7) is 6.74. The quantitative estimate of drug-likeness (QED) is 0.411. The molecule has 41 heavy (non-hydrogen) atoms. The van der Waals surface area contributed by atoms with Gasteiger partial charge in [-0.1, -0.05) is 13.3 Å². The Bertz CT molecular complexity index is 1410. The number of aromatic nitrogens is 2. The van der Waals surface area contributed by atoms with Gasteiger partial charge >= 0.3 is 0 Å². The Morgan fingerprint density at radius 2 is 1.80 bits per heavy atom. The second-order valence-electron chi connectivity index (χ2n) is 12.0. The van der Waals surface area contributed by atoms with Crippen LogP contribution in [0.15, 0.2) is 24.5 Å². The van der Waals surface area contributed by atoms with Crippen molar-refractivity contribution in [3.8, 4) is 11.1 Å². The summed E-state index contributed by atoms with van der Waals surface area (Å²) >= 11 is 0. The van der Waals surface area contributed by atoms with Crippen LogP contribution in [0, 0.1) is 24.7 Å². The van der Waals surface area contributed by atoms with E-state index in [9.17, 15) is 23.2 Å². The van der Waals surface area contributed by atoms with Crippen LogP contribution in [0.5, 0.6) is 0 Å². The molecule has 2 aliphatic carbocycles. The van der Waals surface area contributed by atoms with Gasteiger partial charge in [0.05, 0.1) is 12.6 Å². The number of carbonyl (C=O) groups is 3. The van der Waals surface area contributed by atoms with Gasteiger partial charge in [0.25, 0.3) is 5.92 Å². The second kappa shape index (κ2) is 10.6. The first-order chi connectivity index (χ1) is 19.3. The first kappa shape index (κ1) is 28.8. The van der Waals surface area contributed by atoms with Gasteiger partial charge < -0.3 is 15.5 Å². The summed E-state index contributed by atoms with van der Waals surface area (Å²) in [4.78, 5) is 49.0. The average Bonchev–Trinajstić information content (AvgIpc) is 3.48. The number of aryl methyl sites for hydroxylation is 2. The van der Waals surface area contributed by atoms with Gasteiger partial charge in [0.2, 0.25) is 11.8 Å². The van der Waals surface area contributed by atoms with Crippen LogP contribution in [0.4, 0.5) is 14.5 Å². The van der Waals surface area contributed by atoms with Gasteiger partial charge in [-0.15, -0.1) is 0 Å². The number of hydrogen-bond donors (Lipinski definition) is 3. The molecule has 4 atom stereocenters. The number of likely N-dealkylation sites (tertiary alicyclic amines) is 1. The van der Waals surface area contributed by atoms with Gasteiger partial charge in [-0.3, -0.25) is 19.8 Å². The molecule has 0 bridgehead atoms. The van der Waals surface area contributed by atoms with E-state index in [-0.39, 0.29) is 42.5 Å². The fraction of sp³-hybridized carbons (Fsp3) is 0.533. The number of alkyl halides is 2. The molecule has 9 nitrogen and oxygen atoms in total. The Hall–Kier alpha value is -3.76. The van der Waals surface area contributed by atoms with Crippen molar-refractivity contribution in [2.24, 2.45) is 5.41 Å². The maximum Gasteiger partial charge on any atom is 0.267 e. The van der Waals surface area contributed by atoms with Gasteiger partial charge in [-0.2, -0.15) is 0 Å². The van der Waals surface area contributed by atoms with Crippen LogP contribution in [-0.4, -0.2) is 68.8 Å². The molecule has 3 fully saturated rings. The van der Waals surface area contributed by atoms with Crippen molar-refractivity contribution >= 4 is 29.0 Å². The Labute approximate surface area is 238 Å². The maximum absolute atomic E-state index is 14.4. The number of carbonyl (C=O) groups excluding carboxylic acids is 3. The van der Waals surface area contributed by atoms with E-state index < -0.39 is 29.7 Å². The zero-order valence-corrected chi connectivity index (χ0v) is 23.8. The number of amides is 2. The van der Waals surface area contributed by atoms with E-state index >= 15 is 0 Å². The topological polar surface area (TPSA) is 128 Å². The molecule has 2 amide bonds. The number of nitrogens with one attached hydrogen (secondary N) is 3. The van der Waals surface area contributed by atoms with Crippen molar-refractivity contribution in [1.29, 1.82) is 5.41 Å². The number of hydrogen-bond acceptors (Lipinski definition) is 7. The molecular formula is C30H36F2N6O3. The third-order valence-corrected chi connectivity index (χ3v) is 8.79. The molecule has 0 unspecified atom stereocenters. The molecule has 218 valence electrons. The predicted molar refractivity (Wildman–Crippen MR) is 150 cm³/mol. The number of rotatable bonds is 8. The fourth-order valence-electron chi connectivity index (χ4n) is 6.27. The minimum Gasteiger partial charge on any atom is -0.375 e. The van der Waals surface area contributed by atoms with Crippen LogP contribution >= 0.6 is 0 Å². The van der Waals surface area contributed by atoms with Crippen molar-refractivity contribution in [1.82, 2.24) is 20.2 Å². The largest absolute Gasteiger partial charge is 0.375 e. The summed E-state index contributed by atoms with van der Waals surface area (Å²) in [5, 5.41) is 14.1. The van der Waals surface area contributed by atoms with Crippen molar-refractivity contribution in [3.63, 3.8) is 0 Å². The van der Waals surface area contributed by atoms with Crippen LogP contribution in [0.2, 0.25) is 0 Å². The first-order valence-electron chi connectivity index (χ1n) is 14.1. The Morgan fingerprint density at radius 3 is 2.46 bits per heavy atom. The number of nitrogens with zero attached hydrogens (tertiary/aromatic N) is 3. The second-order valence-corrected chi connectivity index (χ2v) is 12.0. The molecule has 5 rings (SSSR count). The highest BCUT2D eigenvalue weighted by Gasteiger charge is 2.64. The zero-order valence-electron chi connectivity index (χ0n) is 23.8. The molecule has 1 aromatic heterocycles. The van der Waals surface area contributed by atoms with Gasteiger partial charge in [-0.25, -0.2) is 18.7 Å². The van der Waals surface area contributed by atoms with Crippen LogP contribution in [0.3, 0.4) is 0 Å². The van der Waals surface area contributed by atoms with E-state index in [0.717, 1.165) is 17.5 Å². The lowest BCUT2D eigenvalue weighted by Crippen LogP contribution is -2.56. The molecule has 2 aromatic rings. The molecule has 2 heterocycles. The first-order valence-corrected chi connectivity index (χ1v) is 14.1. The van der Waals surface area contributed by atoms with E-state index in [2.05, 4.69) is 20.6 Å². The third-order valence-electron chi connectivity index (χ3n) is 8.79. The van der Waals surface area contributed by atoms with Crippen LogP contribution < -0.4 is 10.6 Å². The van der Waals surface area contributed by atoms with E-state index in [0.29, 0.717) is 41.9 Å². The number of anilines is 1. The van der Waals surface area contributed by atoms with Gasteiger partial charge in [0.15, 0.2) is 5.78 Å². The monoisotopic (exact) mass is 566 g/mol. The molecule has 3 N–H and O–H groups in total. The fourth-order valence-corrected chi connectivity index (χ4v) is 6.27. The van der Waals surface area contributed by atoms with Gasteiger partial charge in [-0.05, 0) is 68.2 Å². The lowest BCUT2D eigenvalue weighted by Gasteiger charge is -2.34. The highest BCUT2D eigenvalue weighted by Crippen LogP contribution is 2.59. The summed E-state index contributed by atoms with van der Waals surface area (Å²) in [5.74, 6) is -3.63. The molecule has 1 aliphatic heterocycles. The third kappa shape index (κ3) is 5.58. The van der Waals surface area contributed by atoms with Crippen molar-refractivity contribution in [2.75, 3.05) is 11.9 Å². The molecule has 11 heteroatoms. The predicted octanol–water partition coefficient (Wildman–Crippen LogP) is 4.20. The van der Waals surface area contributed by atoms with Gasteiger partial charge in [0, 0.05) is 48.6 Å². The maximum atomic E-state index is 14.4. The SMILES string of the molecule is CC(=O)C(=N)c1cc(-c2cnc(C)nc2)cc(C)c1NCC(=O)N1[C@H](C(=O)N[C@@H]2CCCCC2(F)F)C[C@@]2(C)C[C@@H]12. The van der Waals surface area contributed by atoms with Crippen molar-refractivity contribution < 1.29 is 23.2 Å². The normalized spacial score (nSPS) is 26.2. The number of halogens is 2. The zero-order chi connectivity index (χ0) is 29.7. The Kier molecular flexibility index (Phi) is 7.42. The van der Waals surface area contributed by atoms with E-state index in [1.165, 1.54) is 6.92 Å². The molecule has 3 aliphatic rings. The molecule has 1 saturated heterocycles. The minimum absolute atomic E-state index is 0.126. The summed E-state index contributed by atoms with van der Waals surface area (Å²) in [6.07, 6.45) is 5.56. The highest BCUT2D eigenvalue weighted by atomic mass is 19.3. The van der Waals surface area contributed by atoms with Crippen molar-refractivity contribution in [3.05, 3.63) is 41.5 Å². The average molecular weight is 567 g/mol. The molecule has 1 aromatic carbocycles. The molecule has 0 spiro atoms. The number of Topliss-reactive ketones (excluding diaryl/α,β-unsaturated/α-hetero) is 1. The highest BCUT2D eigenvalue weighted by molar-refractivity contribution is 6.45. The number of fused-ring (bicyclic) bond motifs is 1. The molecular weight excluding hydrogens is 530 g/mol. The smallest absolute Gasteiger partial charge is 0.267 e. The van der Waals surface area contributed by atoms with Crippen LogP contribution in [-0.2, 0) is 14.4 Å². The van der Waals surface area contributed by atoms with E-state index in [1.54, 1.807) is 30.3 Å². The summed E-state index contributed by atoms with van der Waals surface area (Å²) in [7, 11) is 0. The standard InChI is InChI=1S/C30H36F2N6O3/c1-16-9-19(20-13-34-18(3)35-14-20)10-21(26(33)17(2)39)27(16)36-15-25(40)38-22(11-29(4)12-24(29)38)28(41)37-23-7-5-6-8-30(23,31)32/h9-10,13-14,22-24,33,36H,5-8,11-12,15H2,1-4H3,(H,37,41)/t22-,23+,24+,29-/m0/s1. The number of piperidine rings is 1. The van der Waals surface area contributed by atoms with Crippen LogP contribution in [0.1, 0.15) is 69.3 Å². The Morgan fingerprint density at radius 1 is 1.10 bits per heavy atom. The summed E-state index contributed by atoms with van der Waals surface area (Å²) in [6, 6.07) is 1.41. The molecule has 0 radical (unpaired) electrons. The lowest BCUT2D eigenvalue weighted by molar-refractivity contribution is -0.141. The lowest BCUT2D eigenvalue weighted by atomic mass is 9.91. The van der Waals surface area contributed by atoms with E-state index in [4.69, 9.17) is 5.41 Å². The summed E-state index contributed by atoms with van der Waals surface area (Å²) in [5.41, 5.74) is 2.56. The summed E-state index contributed by atoms with van der Waals surface area (Å²) < 4.78 is 28.9. The van der Waals surface area contributed by atoms with E-state index in [1.807, 2.05) is 19.9 Å². The van der Waals surface area contributed by atoms with Crippen LogP contribution in [0.25, 0.3) is 11.1 Å². The number of benzene rings is 1.